The molecule has 4 nitrogen and oxygen atoms in total. The van der Waals surface area contributed by atoms with E-state index in [0.29, 0.717) is 18.9 Å². The Hall–Kier alpha value is -1.50. The minimum absolute atomic E-state index is 0.0624. The van der Waals surface area contributed by atoms with E-state index in [9.17, 15) is 9.90 Å². The Bertz CT molecular complexity index is 466. The van der Waals surface area contributed by atoms with Gasteiger partial charge in [0.2, 0.25) is 0 Å². The summed E-state index contributed by atoms with van der Waals surface area (Å²) in [5.74, 6) is -0.0739. The molecule has 1 aliphatic heterocycles. The zero-order valence-corrected chi connectivity index (χ0v) is 13.4. The number of aliphatic hydroxyl groups is 1. The van der Waals surface area contributed by atoms with Crippen LogP contribution in [0, 0.1) is 22.7 Å². The van der Waals surface area contributed by atoms with Gasteiger partial charge in [0.15, 0.2) is 5.57 Å². The highest BCUT2D eigenvalue weighted by molar-refractivity contribution is 6.01. The van der Waals surface area contributed by atoms with Gasteiger partial charge in [0.25, 0.3) is 5.91 Å². The van der Waals surface area contributed by atoms with Crippen molar-refractivity contribution in [2.75, 3.05) is 6.54 Å². The first kappa shape index (κ1) is 16.6. The molecular formula is C16H26N2O2. The molecule has 0 saturated carbocycles. The predicted molar refractivity (Wildman–Crippen MR) is 78.9 cm³/mol. The van der Waals surface area contributed by atoms with E-state index in [1.165, 1.54) is 0 Å². The van der Waals surface area contributed by atoms with Gasteiger partial charge in [0.05, 0.1) is 5.54 Å². The predicted octanol–water partition coefficient (Wildman–Crippen LogP) is 3.41. The number of carbonyl (C=O) groups excluding carboxylic acids is 1. The van der Waals surface area contributed by atoms with Crippen LogP contribution in [0.3, 0.4) is 0 Å². The first-order chi connectivity index (χ1) is 9.03. The van der Waals surface area contributed by atoms with Crippen LogP contribution in [-0.4, -0.2) is 28.0 Å². The second-order valence-corrected chi connectivity index (χ2v) is 7.47. The van der Waals surface area contributed by atoms with Crippen molar-refractivity contribution < 1.29 is 9.90 Å². The maximum Gasteiger partial charge on any atom is 0.268 e. The molecule has 1 unspecified atom stereocenters. The molecule has 0 aromatic carbocycles. The van der Waals surface area contributed by atoms with Crippen molar-refractivity contribution in [2.45, 2.75) is 59.9 Å². The largest absolute Gasteiger partial charge is 0.508 e. The van der Waals surface area contributed by atoms with E-state index >= 15 is 0 Å². The molecule has 0 aromatic heterocycles. The third-order valence-electron chi connectivity index (χ3n) is 3.80. The summed E-state index contributed by atoms with van der Waals surface area (Å²) in [7, 11) is 0. The van der Waals surface area contributed by atoms with Crippen LogP contribution >= 0.6 is 0 Å². The van der Waals surface area contributed by atoms with Crippen LogP contribution in [-0.2, 0) is 4.79 Å². The number of nitriles is 1. The quantitative estimate of drug-likeness (QED) is 0.857. The summed E-state index contributed by atoms with van der Waals surface area (Å²) < 4.78 is 0. The molecule has 1 amide bonds. The normalized spacial score (nSPS) is 23.7. The highest BCUT2D eigenvalue weighted by atomic mass is 16.3. The van der Waals surface area contributed by atoms with E-state index in [4.69, 9.17) is 5.26 Å². The Labute approximate surface area is 122 Å². The lowest BCUT2D eigenvalue weighted by Gasteiger charge is -2.38. The van der Waals surface area contributed by atoms with E-state index in [0.717, 1.165) is 6.42 Å². The molecule has 0 aromatic rings. The summed E-state index contributed by atoms with van der Waals surface area (Å²) in [6.07, 6.45) is 1.48. The lowest BCUT2D eigenvalue weighted by atomic mass is 9.87. The lowest BCUT2D eigenvalue weighted by molar-refractivity contribution is -0.130. The number of carbonyl (C=O) groups is 1. The zero-order valence-electron chi connectivity index (χ0n) is 13.4. The van der Waals surface area contributed by atoms with Crippen molar-refractivity contribution in [2.24, 2.45) is 11.3 Å². The van der Waals surface area contributed by atoms with Gasteiger partial charge in [-0.3, -0.25) is 4.79 Å². The lowest BCUT2D eigenvalue weighted by Crippen LogP contribution is -2.48. The first-order valence-electron chi connectivity index (χ1n) is 7.18. The van der Waals surface area contributed by atoms with Gasteiger partial charge < -0.3 is 10.0 Å². The topological polar surface area (TPSA) is 64.3 Å². The monoisotopic (exact) mass is 278 g/mol. The van der Waals surface area contributed by atoms with Crippen LogP contribution in [0.25, 0.3) is 0 Å². The highest BCUT2D eigenvalue weighted by Crippen LogP contribution is 2.39. The molecule has 20 heavy (non-hydrogen) atoms. The van der Waals surface area contributed by atoms with Gasteiger partial charge in [-0.05, 0) is 31.1 Å². The maximum absolute atomic E-state index is 12.3. The van der Waals surface area contributed by atoms with Gasteiger partial charge in [-0.1, -0.05) is 34.6 Å². The van der Waals surface area contributed by atoms with Crippen molar-refractivity contribution in [1.82, 2.24) is 4.90 Å². The minimum atomic E-state index is -0.748. The molecule has 4 heteroatoms. The summed E-state index contributed by atoms with van der Waals surface area (Å²) in [5.41, 5.74) is -0.743. The molecule has 1 N–H and O–H groups in total. The van der Waals surface area contributed by atoms with Crippen molar-refractivity contribution >= 4 is 5.91 Å². The van der Waals surface area contributed by atoms with Gasteiger partial charge in [0.1, 0.15) is 11.8 Å². The average molecular weight is 278 g/mol. The van der Waals surface area contributed by atoms with Gasteiger partial charge >= 0.3 is 0 Å². The summed E-state index contributed by atoms with van der Waals surface area (Å²) >= 11 is 0. The number of amides is 1. The van der Waals surface area contributed by atoms with Crippen LogP contribution in [0.2, 0.25) is 0 Å². The highest BCUT2D eigenvalue weighted by Gasteiger charge is 2.49. The minimum Gasteiger partial charge on any atom is -0.508 e. The van der Waals surface area contributed by atoms with E-state index in [1.54, 1.807) is 4.90 Å². The molecule has 1 heterocycles. The van der Waals surface area contributed by atoms with Crippen LogP contribution in [0.5, 0.6) is 0 Å². The number of aliphatic hydroxyl groups excluding tert-OH is 1. The maximum atomic E-state index is 12.3. The summed E-state index contributed by atoms with van der Waals surface area (Å²) in [6, 6.07) is 1.86. The molecule has 1 rings (SSSR count). The Balaban J connectivity index is 3.09. The van der Waals surface area contributed by atoms with E-state index < -0.39 is 5.54 Å². The zero-order chi connectivity index (χ0) is 15.7. The molecule has 1 aliphatic rings. The van der Waals surface area contributed by atoms with Crippen molar-refractivity contribution in [3.63, 3.8) is 0 Å². The van der Waals surface area contributed by atoms with Gasteiger partial charge in [-0.2, -0.15) is 5.26 Å². The Kier molecular flexibility index (Phi) is 4.53. The van der Waals surface area contributed by atoms with Crippen LogP contribution in [0.1, 0.15) is 54.4 Å². The number of hydrogen-bond acceptors (Lipinski definition) is 3. The third-order valence-corrected chi connectivity index (χ3v) is 3.80. The Morgan fingerprint density at radius 3 is 2.35 bits per heavy atom. The number of rotatable bonds is 4. The van der Waals surface area contributed by atoms with Crippen molar-refractivity contribution in [3.05, 3.63) is 11.3 Å². The van der Waals surface area contributed by atoms with E-state index in [2.05, 4.69) is 34.6 Å². The molecule has 112 valence electrons. The van der Waals surface area contributed by atoms with Gasteiger partial charge in [-0.15, -0.1) is 0 Å². The SMILES string of the molecule is CC(C)CC1(C)C(O)=C(C#N)C(=O)N1CCC(C)(C)C. The fourth-order valence-electron chi connectivity index (χ4n) is 2.76. The summed E-state index contributed by atoms with van der Waals surface area (Å²) in [5, 5.41) is 19.4. The second kappa shape index (κ2) is 5.47. The molecule has 0 spiro atoms. The van der Waals surface area contributed by atoms with Crippen LogP contribution in [0.4, 0.5) is 0 Å². The molecule has 0 aliphatic carbocycles. The Morgan fingerprint density at radius 1 is 1.40 bits per heavy atom. The standard InChI is InChI=1S/C16H26N2O2/c1-11(2)9-16(6)13(19)12(10-17)14(20)18(16)8-7-15(3,4)5/h11,19H,7-9H2,1-6H3. The van der Waals surface area contributed by atoms with Gasteiger partial charge in [-0.25, -0.2) is 0 Å². The smallest absolute Gasteiger partial charge is 0.268 e. The molecule has 1 atom stereocenters. The molecule has 0 saturated heterocycles. The fourth-order valence-corrected chi connectivity index (χ4v) is 2.76. The third kappa shape index (κ3) is 3.15. The molecule has 0 bridgehead atoms. The van der Waals surface area contributed by atoms with Gasteiger partial charge in [0, 0.05) is 6.54 Å². The number of hydrogen-bond donors (Lipinski definition) is 1. The van der Waals surface area contributed by atoms with Crippen LogP contribution in [0.15, 0.2) is 11.3 Å². The molecule has 0 radical (unpaired) electrons. The number of nitrogens with zero attached hydrogens (tertiary/aromatic N) is 2. The molecular weight excluding hydrogens is 252 g/mol. The summed E-state index contributed by atoms with van der Waals surface area (Å²) in [6.45, 7) is 12.9. The summed E-state index contributed by atoms with van der Waals surface area (Å²) in [4.78, 5) is 14.0. The van der Waals surface area contributed by atoms with Crippen LogP contribution < -0.4 is 0 Å². The molecule has 0 fully saturated rings. The van der Waals surface area contributed by atoms with E-state index in [1.807, 2.05) is 13.0 Å². The first-order valence-corrected chi connectivity index (χ1v) is 7.18. The average Bonchev–Trinajstić information content (AvgIpc) is 2.43. The van der Waals surface area contributed by atoms with Crippen molar-refractivity contribution in [3.8, 4) is 6.07 Å². The fraction of sp³-hybridized carbons (Fsp3) is 0.750. The Morgan fingerprint density at radius 2 is 1.95 bits per heavy atom. The van der Waals surface area contributed by atoms with E-state index in [-0.39, 0.29) is 22.7 Å². The second-order valence-electron chi connectivity index (χ2n) is 7.47. The van der Waals surface area contributed by atoms with Crippen molar-refractivity contribution in [1.29, 1.82) is 5.26 Å².